The van der Waals surface area contributed by atoms with Crippen LogP contribution in [-0.4, -0.2) is 32.2 Å². The number of rotatable bonds is 7. The van der Waals surface area contributed by atoms with Gasteiger partial charge in [-0.05, 0) is 26.3 Å². The predicted octanol–water partition coefficient (Wildman–Crippen LogP) is 0.513. The maximum absolute atomic E-state index is 11.5. The highest BCUT2D eigenvalue weighted by Gasteiger charge is 2.13. The van der Waals surface area contributed by atoms with E-state index in [0.29, 0.717) is 13.2 Å². The molecule has 0 aromatic rings. The molecule has 0 heterocycles. The van der Waals surface area contributed by atoms with Crippen molar-refractivity contribution in [3.63, 3.8) is 0 Å². The first-order valence-electron chi connectivity index (χ1n) is 5.11. The average Bonchev–Trinajstić information content (AvgIpc) is 2.15. The van der Waals surface area contributed by atoms with E-state index in [4.69, 9.17) is 10.5 Å². The van der Waals surface area contributed by atoms with Gasteiger partial charge in [0.05, 0.1) is 0 Å². The van der Waals surface area contributed by atoms with Crippen LogP contribution in [-0.2, 0) is 9.53 Å². The highest BCUT2D eigenvalue weighted by atomic mass is 16.5. The zero-order valence-electron chi connectivity index (χ0n) is 9.38. The average molecular weight is 202 g/mol. The lowest BCUT2D eigenvalue weighted by Gasteiger charge is -2.16. The summed E-state index contributed by atoms with van der Waals surface area (Å²) in [4.78, 5) is 11.5. The maximum Gasteiger partial charge on any atom is 0.223 e. The maximum atomic E-state index is 11.5. The van der Waals surface area contributed by atoms with E-state index < -0.39 is 0 Å². The van der Waals surface area contributed by atoms with Crippen molar-refractivity contribution in [1.82, 2.24) is 5.32 Å². The van der Waals surface area contributed by atoms with E-state index in [0.717, 1.165) is 12.8 Å². The van der Waals surface area contributed by atoms with Gasteiger partial charge >= 0.3 is 0 Å². The van der Waals surface area contributed by atoms with E-state index in [-0.39, 0.29) is 17.9 Å². The van der Waals surface area contributed by atoms with Crippen molar-refractivity contribution in [2.75, 3.05) is 20.3 Å². The SMILES string of the molecule is COCCC(C)NC(=O)C(C)CCN. The molecular weight excluding hydrogens is 180 g/mol. The monoisotopic (exact) mass is 202 g/mol. The van der Waals surface area contributed by atoms with E-state index in [1.165, 1.54) is 0 Å². The standard InChI is InChI=1S/C10H22N2O2/c1-8(4-6-11)10(13)12-9(2)5-7-14-3/h8-9H,4-7,11H2,1-3H3,(H,12,13). The Hall–Kier alpha value is -0.610. The van der Waals surface area contributed by atoms with Crippen molar-refractivity contribution in [2.24, 2.45) is 11.7 Å². The van der Waals surface area contributed by atoms with Gasteiger partial charge in [0.25, 0.3) is 0 Å². The molecule has 0 saturated heterocycles. The van der Waals surface area contributed by atoms with Gasteiger partial charge in [-0.2, -0.15) is 0 Å². The molecule has 0 aromatic carbocycles. The molecule has 0 spiro atoms. The number of methoxy groups -OCH3 is 1. The van der Waals surface area contributed by atoms with Gasteiger partial charge in [-0.3, -0.25) is 4.79 Å². The molecule has 1 amide bonds. The summed E-state index contributed by atoms with van der Waals surface area (Å²) in [6.07, 6.45) is 1.58. The first-order chi connectivity index (χ1) is 6.61. The number of nitrogens with two attached hydrogens (primary N) is 1. The quantitative estimate of drug-likeness (QED) is 0.632. The van der Waals surface area contributed by atoms with Gasteiger partial charge in [0.15, 0.2) is 0 Å². The van der Waals surface area contributed by atoms with Crippen LogP contribution in [0.1, 0.15) is 26.7 Å². The number of carbonyl (C=O) groups is 1. The van der Waals surface area contributed by atoms with E-state index >= 15 is 0 Å². The van der Waals surface area contributed by atoms with E-state index in [2.05, 4.69) is 5.32 Å². The molecule has 4 nitrogen and oxygen atoms in total. The second-order valence-corrected chi connectivity index (χ2v) is 3.67. The fraction of sp³-hybridized carbons (Fsp3) is 0.900. The summed E-state index contributed by atoms with van der Waals surface area (Å²) in [5.74, 6) is 0.0871. The highest BCUT2D eigenvalue weighted by Crippen LogP contribution is 2.01. The minimum Gasteiger partial charge on any atom is -0.385 e. The van der Waals surface area contributed by atoms with Crippen molar-refractivity contribution in [2.45, 2.75) is 32.7 Å². The van der Waals surface area contributed by atoms with Crippen molar-refractivity contribution in [3.8, 4) is 0 Å². The molecule has 0 aliphatic rings. The number of ether oxygens (including phenoxy) is 1. The van der Waals surface area contributed by atoms with Gasteiger partial charge in [-0.15, -0.1) is 0 Å². The summed E-state index contributed by atoms with van der Waals surface area (Å²) in [7, 11) is 1.66. The fourth-order valence-electron chi connectivity index (χ4n) is 1.13. The lowest BCUT2D eigenvalue weighted by Crippen LogP contribution is -2.37. The van der Waals surface area contributed by atoms with Gasteiger partial charge in [-0.25, -0.2) is 0 Å². The lowest BCUT2D eigenvalue weighted by atomic mass is 10.1. The molecule has 0 aliphatic heterocycles. The molecule has 3 N–H and O–H groups in total. The third kappa shape index (κ3) is 5.94. The summed E-state index contributed by atoms with van der Waals surface area (Å²) in [6.45, 7) is 5.10. The summed E-state index contributed by atoms with van der Waals surface area (Å²) in [6, 6.07) is 0.169. The van der Waals surface area contributed by atoms with Crippen LogP contribution in [0.3, 0.4) is 0 Å². The molecule has 0 saturated carbocycles. The Morgan fingerprint density at radius 3 is 2.57 bits per heavy atom. The lowest BCUT2D eigenvalue weighted by molar-refractivity contribution is -0.125. The summed E-state index contributed by atoms with van der Waals surface area (Å²) in [5, 5.41) is 2.92. The molecule has 0 rings (SSSR count). The molecule has 0 bridgehead atoms. The van der Waals surface area contributed by atoms with Crippen molar-refractivity contribution < 1.29 is 9.53 Å². The highest BCUT2D eigenvalue weighted by molar-refractivity contribution is 5.78. The number of amides is 1. The molecule has 0 fully saturated rings. The first kappa shape index (κ1) is 13.4. The number of carbonyl (C=O) groups excluding carboxylic acids is 1. The zero-order chi connectivity index (χ0) is 11.0. The second kappa shape index (κ2) is 7.76. The molecule has 0 radical (unpaired) electrons. The van der Waals surface area contributed by atoms with Crippen LogP contribution < -0.4 is 11.1 Å². The minimum absolute atomic E-state index is 0.00462. The Bertz CT molecular complexity index is 162. The van der Waals surface area contributed by atoms with E-state index in [1.54, 1.807) is 7.11 Å². The molecule has 84 valence electrons. The molecule has 2 unspecified atom stereocenters. The Balaban J connectivity index is 3.69. The van der Waals surface area contributed by atoms with Gasteiger partial charge in [0.2, 0.25) is 5.91 Å². The summed E-state index contributed by atoms with van der Waals surface area (Å²) < 4.78 is 4.93. The van der Waals surface area contributed by atoms with Gasteiger partial charge in [0.1, 0.15) is 0 Å². The van der Waals surface area contributed by atoms with Crippen LogP contribution >= 0.6 is 0 Å². The number of hydrogen-bond acceptors (Lipinski definition) is 3. The Morgan fingerprint density at radius 2 is 2.07 bits per heavy atom. The van der Waals surface area contributed by atoms with E-state index in [9.17, 15) is 4.79 Å². The van der Waals surface area contributed by atoms with Crippen LogP contribution in [0.5, 0.6) is 0 Å². The van der Waals surface area contributed by atoms with E-state index in [1.807, 2.05) is 13.8 Å². The summed E-state index contributed by atoms with van der Waals surface area (Å²) >= 11 is 0. The third-order valence-corrected chi connectivity index (χ3v) is 2.19. The minimum atomic E-state index is 0.00462. The normalized spacial score (nSPS) is 14.9. The molecular formula is C10H22N2O2. The molecule has 0 aliphatic carbocycles. The Kier molecular flexibility index (Phi) is 7.42. The van der Waals surface area contributed by atoms with Crippen LogP contribution in [0.25, 0.3) is 0 Å². The van der Waals surface area contributed by atoms with Gasteiger partial charge in [-0.1, -0.05) is 6.92 Å². The largest absolute Gasteiger partial charge is 0.385 e. The van der Waals surface area contributed by atoms with Crippen LogP contribution in [0.4, 0.5) is 0 Å². The van der Waals surface area contributed by atoms with Crippen LogP contribution in [0.2, 0.25) is 0 Å². The first-order valence-corrected chi connectivity index (χ1v) is 5.11. The molecule has 0 aromatic heterocycles. The Labute approximate surface area is 86.2 Å². The van der Waals surface area contributed by atoms with Gasteiger partial charge < -0.3 is 15.8 Å². The van der Waals surface area contributed by atoms with Crippen LogP contribution in [0.15, 0.2) is 0 Å². The number of nitrogens with one attached hydrogen (secondary N) is 1. The van der Waals surface area contributed by atoms with Crippen LogP contribution in [0, 0.1) is 5.92 Å². The number of hydrogen-bond donors (Lipinski definition) is 2. The van der Waals surface area contributed by atoms with Crippen molar-refractivity contribution in [1.29, 1.82) is 0 Å². The molecule has 2 atom stereocenters. The predicted molar refractivity (Wildman–Crippen MR) is 56.9 cm³/mol. The Morgan fingerprint density at radius 1 is 1.43 bits per heavy atom. The molecule has 4 heteroatoms. The third-order valence-electron chi connectivity index (χ3n) is 2.19. The van der Waals surface area contributed by atoms with Crippen molar-refractivity contribution in [3.05, 3.63) is 0 Å². The van der Waals surface area contributed by atoms with Crippen molar-refractivity contribution >= 4 is 5.91 Å². The smallest absolute Gasteiger partial charge is 0.223 e. The topological polar surface area (TPSA) is 64.3 Å². The summed E-state index contributed by atoms with van der Waals surface area (Å²) in [5.41, 5.74) is 5.38. The molecule has 14 heavy (non-hydrogen) atoms. The second-order valence-electron chi connectivity index (χ2n) is 3.67. The fourth-order valence-corrected chi connectivity index (χ4v) is 1.13. The van der Waals surface area contributed by atoms with Gasteiger partial charge in [0, 0.05) is 25.7 Å². The zero-order valence-corrected chi connectivity index (χ0v) is 9.38.